The highest BCUT2D eigenvalue weighted by atomic mass is 16.7. The molecular formula is C25H28N2O4. The van der Waals surface area contributed by atoms with Crippen LogP contribution in [0.15, 0.2) is 42.5 Å². The maximum absolute atomic E-state index is 12.5. The highest BCUT2D eigenvalue weighted by Crippen LogP contribution is 2.37. The van der Waals surface area contributed by atoms with Crippen LogP contribution in [0, 0.1) is 6.92 Å². The number of primary amides is 1. The Bertz CT molecular complexity index is 1120. The van der Waals surface area contributed by atoms with Gasteiger partial charge in [0.1, 0.15) is 5.75 Å². The molecule has 162 valence electrons. The molecule has 6 heteroatoms. The number of aromatic nitrogens is 1. The van der Waals surface area contributed by atoms with Crippen LogP contribution in [0.25, 0.3) is 11.1 Å². The lowest BCUT2D eigenvalue weighted by atomic mass is 9.97. The Hall–Kier alpha value is -3.41. The van der Waals surface area contributed by atoms with Crippen LogP contribution in [-0.2, 0) is 13.0 Å². The SMILES string of the molecule is CCCCCc1c(-c2cccc(O)c2)c(C(N)=O)c(C)n1Cc1ccc2c(c1)OCO2. The van der Waals surface area contributed by atoms with Gasteiger partial charge in [0.05, 0.1) is 5.56 Å². The smallest absolute Gasteiger partial charge is 0.251 e. The third-order valence-electron chi connectivity index (χ3n) is 5.81. The summed E-state index contributed by atoms with van der Waals surface area (Å²) in [7, 11) is 0. The topological polar surface area (TPSA) is 86.7 Å². The van der Waals surface area contributed by atoms with Crippen molar-refractivity contribution in [2.75, 3.05) is 6.79 Å². The molecule has 2 heterocycles. The fourth-order valence-electron chi connectivity index (χ4n) is 4.31. The van der Waals surface area contributed by atoms with Crippen LogP contribution in [0.4, 0.5) is 0 Å². The summed E-state index contributed by atoms with van der Waals surface area (Å²) in [4.78, 5) is 12.5. The Morgan fingerprint density at radius 3 is 2.68 bits per heavy atom. The third kappa shape index (κ3) is 4.10. The Kier molecular flexibility index (Phi) is 5.89. The molecule has 0 fully saturated rings. The molecule has 3 aromatic rings. The molecule has 0 spiro atoms. The van der Waals surface area contributed by atoms with Crippen LogP contribution < -0.4 is 15.2 Å². The molecule has 1 aliphatic rings. The molecule has 0 bridgehead atoms. The number of carbonyl (C=O) groups excluding carboxylic acids is 1. The number of fused-ring (bicyclic) bond motifs is 1. The van der Waals surface area contributed by atoms with E-state index in [-0.39, 0.29) is 12.5 Å². The molecule has 4 rings (SSSR count). The quantitative estimate of drug-likeness (QED) is 0.514. The van der Waals surface area contributed by atoms with Gasteiger partial charge in [0.2, 0.25) is 6.79 Å². The van der Waals surface area contributed by atoms with Gasteiger partial charge in [-0.15, -0.1) is 0 Å². The number of aromatic hydroxyl groups is 1. The maximum atomic E-state index is 12.5. The van der Waals surface area contributed by atoms with E-state index in [1.54, 1.807) is 18.2 Å². The fraction of sp³-hybridized carbons (Fsp3) is 0.320. The fourth-order valence-corrected chi connectivity index (χ4v) is 4.31. The number of ether oxygens (including phenoxy) is 2. The average molecular weight is 421 g/mol. The van der Waals surface area contributed by atoms with Gasteiger partial charge in [-0.3, -0.25) is 4.79 Å². The Morgan fingerprint density at radius 1 is 1.13 bits per heavy atom. The maximum Gasteiger partial charge on any atom is 0.251 e. The van der Waals surface area contributed by atoms with Crippen LogP contribution in [0.1, 0.15) is 53.5 Å². The van der Waals surface area contributed by atoms with Crippen LogP contribution >= 0.6 is 0 Å². The summed E-state index contributed by atoms with van der Waals surface area (Å²) < 4.78 is 13.1. The molecule has 3 N–H and O–H groups in total. The zero-order valence-corrected chi connectivity index (χ0v) is 18.0. The molecule has 0 saturated heterocycles. The van der Waals surface area contributed by atoms with Gasteiger partial charge in [-0.2, -0.15) is 0 Å². The summed E-state index contributed by atoms with van der Waals surface area (Å²) in [6, 6.07) is 12.9. The first kappa shape index (κ1) is 20.8. The van der Waals surface area contributed by atoms with E-state index in [0.717, 1.165) is 65.3 Å². The normalized spacial score (nSPS) is 12.3. The number of nitrogens with two attached hydrogens (primary N) is 1. The Morgan fingerprint density at radius 2 is 1.94 bits per heavy atom. The van der Waals surface area contributed by atoms with E-state index in [1.807, 2.05) is 31.2 Å². The molecule has 0 unspecified atom stereocenters. The van der Waals surface area contributed by atoms with Gasteiger partial charge in [-0.05, 0) is 55.2 Å². The van der Waals surface area contributed by atoms with Crippen molar-refractivity contribution in [3.63, 3.8) is 0 Å². The van der Waals surface area contributed by atoms with E-state index in [0.29, 0.717) is 12.1 Å². The number of hydrogen-bond acceptors (Lipinski definition) is 4. The second-order valence-electron chi connectivity index (χ2n) is 7.93. The molecular weight excluding hydrogens is 392 g/mol. The van der Waals surface area contributed by atoms with Gasteiger partial charge in [0.25, 0.3) is 5.91 Å². The minimum absolute atomic E-state index is 0.161. The summed E-state index contributed by atoms with van der Waals surface area (Å²) in [5.41, 5.74) is 10.9. The van der Waals surface area contributed by atoms with Crippen molar-refractivity contribution in [1.29, 1.82) is 0 Å². The van der Waals surface area contributed by atoms with E-state index in [4.69, 9.17) is 15.2 Å². The minimum atomic E-state index is -0.461. The molecule has 31 heavy (non-hydrogen) atoms. The predicted molar refractivity (Wildman–Crippen MR) is 120 cm³/mol. The van der Waals surface area contributed by atoms with Gasteiger partial charge in [0.15, 0.2) is 11.5 Å². The highest BCUT2D eigenvalue weighted by molar-refractivity contribution is 6.02. The van der Waals surface area contributed by atoms with Gasteiger partial charge in [-0.1, -0.05) is 38.0 Å². The molecule has 0 saturated carbocycles. The molecule has 1 amide bonds. The summed E-state index contributed by atoms with van der Waals surface area (Å²) in [6.07, 6.45) is 4.02. The van der Waals surface area contributed by atoms with Crippen molar-refractivity contribution in [2.45, 2.75) is 46.1 Å². The molecule has 6 nitrogen and oxygen atoms in total. The first-order chi connectivity index (χ1) is 15.0. The lowest BCUT2D eigenvalue weighted by Gasteiger charge is -2.14. The zero-order chi connectivity index (χ0) is 22.0. The third-order valence-corrected chi connectivity index (χ3v) is 5.81. The number of unbranched alkanes of at least 4 members (excludes halogenated alkanes) is 2. The van der Waals surface area contributed by atoms with Crippen molar-refractivity contribution in [1.82, 2.24) is 4.57 Å². The number of phenols is 1. The van der Waals surface area contributed by atoms with Gasteiger partial charge in [0, 0.05) is 23.5 Å². The first-order valence-electron chi connectivity index (χ1n) is 10.7. The molecule has 0 atom stereocenters. The molecule has 0 aliphatic carbocycles. The van der Waals surface area contributed by atoms with E-state index in [2.05, 4.69) is 11.5 Å². The van der Waals surface area contributed by atoms with E-state index < -0.39 is 5.91 Å². The second-order valence-corrected chi connectivity index (χ2v) is 7.93. The van der Waals surface area contributed by atoms with Crippen molar-refractivity contribution < 1.29 is 19.4 Å². The Labute approximate surface area is 182 Å². The summed E-state index contributed by atoms with van der Waals surface area (Å²) in [5.74, 6) is 1.18. The first-order valence-corrected chi connectivity index (χ1v) is 10.7. The van der Waals surface area contributed by atoms with Gasteiger partial charge in [-0.25, -0.2) is 0 Å². The lowest BCUT2D eigenvalue weighted by molar-refractivity contribution is 0.1000. The van der Waals surface area contributed by atoms with Crippen LogP contribution in [0.2, 0.25) is 0 Å². The molecule has 1 aliphatic heterocycles. The molecule has 2 aromatic carbocycles. The van der Waals surface area contributed by atoms with E-state index in [1.165, 1.54) is 0 Å². The van der Waals surface area contributed by atoms with Crippen LogP contribution in [-0.4, -0.2) is 22.4 Å². The van der Waals surface area contributed by atoms with E-state index >= 15 is 0 Å². The van der Waals surface area contributed by atoms with Crippen molar-refractivity contribution in [2.24, 2.45) is 5.73 Å². The van der Waals surface area contributed by atoms with Gasteiger partial charge < -0.3 is 24.9 Å². The number of amides is 1. The highest BCUT2D eigenvalue weighted by Gasteiger charge is 2.25. The minimum Gasteiger partial charge on any atom is -0.508 e. The second kappa shape index (κ2) is 8.76. The average Bonchev–Trinajstić information content (AvgIpc) is 3.31. The number of nitrogens with zero attached hydrogens (tertiary/aromatic N) is 1. The van der Waals surface area contributed by atoms with Crippen molar-refractivity contribution in [3.8, 4) is 28.4 Å². The largest absolute Gasteiger partial charge is 0.508 e. The van der Waals surface area contributed by atoms with Gasteiger partial charge >= 0.3 is 0 Å². The number of carbonyl (C=O) groups is 1. The summed E-state index contributed by atoms with van der Waals surface area (Å²) in [5, 5.41) is 10.1. The number of rotatable bonds is 8. The van der Waals surface area contributed by atoms with Crippen molar-refractivity contribution in [3.05, 3.63) is 65.0 Å². The Balaban J connectivity index is 1.84. The van der Waals surface area contributed by atoms with Crippen molar-refractivity contribution >= 4 is 5.91 Å². The molecule has 0 radical (unpaired) electrons. The lowest BCUT2D eigenvalue weighted by Crippen LogP contribution is -2.13. The number of hydrogen-bond donors (Lipinski definition) is 2. The number of benzene rings is 2. The van der Waals surface area contributed by atoms with Crippen LogP contribution in [0.3, 0.4) is 0 Å². The monoisotopic (exact) mass is 420 g/mol. The predicted octanol–water partition coefficient (Wildman–Crippen LogP) is 4.78. The summed E-state index contributed by atoms with van der Waals surface area (Å²) >= 11 is 0. The molecule has 1 aromatic heterocycles. The van der Waals surface area contributed by atoms with Crippen LogP contribution in [0.5, 0.6) is 17.2 Å². The zero-order valence-electron chi connectivity index (χ0n) is 18.0. The standard InChI is InChI=1S/C25H28N2O4/c1-3-4-5-9-20-24(18-7-6-8-19(28)13-18)23(25(26)29)16(2)27(20)14-17-10-11-21-22(12-17)31-15-30-21/h6-8,10-13,28H,3-5,9,14-15H2,1-2H3,(H2,26,29). The number of phenolic OH excluding ortho intramolecular Hbond substituents is 1. The van der Waals surface area contributed by atoms with E-state index in [9.17, 15) is 9.90 Å². The summed E-state index contributed by atoms with van der Waals surface area (Å²) in [6.45, 7) is 4.92.